The van der Waals surface area contributed by atoms with E-state index in [1.54, 1.807) is 12.1 Å². The predicted octanol–water partition coefficient (Wildman–Crippen LogP) is 1.64. The maximum Gasteiger partial charge on any atom is 0.305 e. The Morgan fingerprint density at radius 2 is 2.25 bits per heavy atom. The molecule has 0 amide bonds. The van der Waals surface area contributed by atoms with Crippen LogP contribution >= 0.6 is 15.9 Å². The van der Waals surface area contributed by atoms with Gasteiger partial charge in [-0.2, -0.15) is 0 Å². The van der Waals surface area contributed by atoms with Crippen LogP contribution in [0.25, 0.3) is 0 Å². The smallest absolute Gasteiger partial charge is 0.305 e. The van der Waals surface area contributed by atoms with Gasteiger partial charge in [-0.15, -0.1) is 0 Å². The van der Waals surface area contributed by atoms with Crippen molar-refractivity contribution in [3.8, 4) is 11.5 Å². The Kier molecular flexibility index (Phi) is 4.14. The van der Waals surface area contributed by atoms with Crippen molar-refractivity contribution in [2.75, 3.05) is 7.11 Å². The van der Waals surface area contributed by atoms with Crippen LogP contribution in [0.3, 0.4) is 0 Å². The number of halogens is 1. The second kappa shape index (κ2) is 5.18. The molecule has 1 aromatic rings. The second-order valence-electron chi connectivity index (χ2n) is 3.25. The van der Waals surface area contributed by atoms with Gasteiger partial charge in [0, 0.05) is 16.1 Å². The van der Waals surface area contributed by atoms with Crippen molar-refractivity contribution in [1.29, 1.82) is 0 Å². The van der Waals surface area contributed by atoms with Crippen LogP contribution in [0, 0.1) is 0 Å². The van der Waals surface area contributed by atoms with Gasteiger partial charge in [0.05, 0.1) is 13.5 Å². The number of rotatable bonds is 4. The number of aliphatic carboxylic acids is 1. The number of phenols is 1. The van der Waals surface area contributed by atoms with Crippen molar-refractivity contribution in [3.63, 3.8) is 0 Å². The molecule has 1 rings (SSSR count). The monoisotopic (exact) mass is 289 g/mol. The molecular formula is C10H12BrNO4. The van der Waals surface area contributed by atoms with Gasteiger partial charge < -0.3 is 20.7 Å². The fraction of sp³-hybridized carbons (Fsp3) is 0.300. The van der Waals surface area contributed by atoms with Gasteiger partial charge in [-0.1, -0.05) is 15.9 Å². The standard InChI is InChI=1S/C10H12BrNO4/c1-16-8-3-5(11)2-6(10(8)15)7(12)4-9(13)14/h2-3,7,15H,4,12H2,1H3,(H,13,14)/t7-/m1/s1. The average molecular weight is 290 g/mol. The fourth-order valence-corrected chi connectivity index (χ4v) is 1.79. The zero-order chi connectivity index (χ0) is 12.3. The van der Waals surface area contributed by atoms with Crippen molar-refractivity contribution < 1.29 is 19.7 Å². The van der Waals surface area contributed by atoms with Crippen LogP contribution in [-0.2, 0) is 4.79 Å². The van der Waals surface area contributed by atoms with Crippen LogP contribution in [0.1, 0.15) is 18.0 Å². The number of carbonyl (C=O) groups is 1. The molecule has 4 N–H and O–H groups in total. The number of nitrogens with two attached hydrogens (primary N) is 1. The Balaban J connectivity index is 3.12. The number of methoxy groups -OCH3 is 1. The van der Waals surface area contributed by atoms with E-state index in [2.05, 4.69) is 15.9 Å². The van der Waals surface area contributed by atoms with Crippen LogP contribution in [0.15, 0.2) is 16.6 Å². The molecule has 0 aliphatic rings. The van der Waals surface area contributed by atoms with Gasteiger partial charge in [-0.3, -0.25) is 4.79 Å². The van der Waals surface area contributed by atoms with Gasteiger partial charge in [0.25, 0.3) is 0 Å². The van der Waals surface area contributed by atoms with Crippen LogP contribution < -0.4 is 10.5 Å². The predicted molar refractivity (Wildman–Crippen MR) is 61.5 cm³/mol. The maximum absolute atomic E-state index is 10.5. The molecule has 0 bridgehead atoms. The Labute approximate surface area is 101 Å². The molecule has 0 spiro atoms. The minimum atomic E-state index is -1.02. The van der Waals surface area contributed by atoms with E-state index in [9.17, 15) is 9.90 Å². The average Bonchev–Trinajstić information content (AvgIpc) is 2.19. The van der Waals surface area contributed by atoms with Crippen molar-refractivity contribution in [3.05, 3.63) is 22.2 Å². The van der Waals surface area contributed by atoms with Crippen LogP contribution in [0.4, 0.5) is 0 Å². The van der Waals surface area contributed by atoms with Gasteiger partial charge in [0.2, 0.25) is 0 Å². The highest BCUT2D eigenvalue weighted by atomic mass is 79.9. The zero-order valence-corrected chi connectivity index (χ0v) is 10.2. The Morgan fingerprint density at radius 3 is 2.75 bits per heavy atom. The molecule has 0 radical (unpaired) electrons. The Morgan fingerprint density at radius 1 is 1.62 bits per heavy atom. The van der Waals surface area contributed by atoms with E-state index in [4.69, 9.17) is 15.6 Å². The summed E-state index contributed by atoms with van der Waals surface area (Å²) in [5.41, 5.74) is 6.01. The minimum absolute atomic E-state index is 0.126. The lowest BCUT2D eigenvalue weighted by Crippen LogP contribution is -2.15. The Hall–Kier alpha value is -1.27. The number of carboxylic acid groups (broad SMARTS) is 1. The SMILES string of the molecule is COc1cc(Br)cc([C@H](N)CC(=O)O)c1O. The first-order chi connectivity index (χ1) is 7.45. The molecular weight excluding hydrogens is 278 g/mol. The lowest BCUT2D eigenvalue weighted by molar-refractivity contribution is -0.137. The molecule has 0 unspecified atom stereocenters. The zero-order valence-electron chi connectivity index (χ0n) is 8.61. The normalized spacial score (nSPS) is 12.2. The summed E-state index contributed by atoms with van der Waals surface area (Å²) in [6, 6.07) is 2.38. The number of hydrogen-bond donors (Lipinski definition) is 3. The summed E-state index contributed by atoms with van der Waals surface area (Å²) in [6.07, 6.45) is -0.257. The summed E-state index contributed by atoms with van der Waals surface area (Å²) in [5, 5.41) is 18.4. The van der Waals surface area contributed by atoms with E-state index >= 15 is 0 Å². The molecule has 0 heterocycles. The number of benzene rings is 1. The van der Waals surface area contributed by atoms with Crippen molar-refractivity contribution in [2.45, 2.75) is 12.5 Å². The summed E-state index contributed by atoms with van der Waals surface area (Å²) < 4.78 is 5.60. The number of aromatic hydroxyl groups is 1. The Bertz CT molecular complexity index is 408. The van der Waals surface area contributed by atoms with Crippen molar-refractivity contribution in [2.24, 2.45) is 5.73 Å². The van der Waals surface area contributed by atoms with Crippen molar-refractivity contribution in [1.82, 2.24) is 0 Å². The molecule has 1 atom stereocenters. The summed E-state index contributed by atoms with van der Waals surface area (Å²) in [4.78, 5) is 10.5. The topological polar surface area (TPSA) is 92.8 Å². The third-order valence-corrected chi connectivity index (χ3v) is 2.54. The largest absolute Gasteiger partial charge is 0.504 e. The van der Waals surface area contributed by atoms with E-state index in [-0.39, 0.29) is 17.9 Å². The van der Waals surface area contributed by atoms with Gasteiger partial charge >= 0.3 is 5.97 Å². The van der Waals surface area contributed by atoms with Crippen LogP contribution in [0.5, 0.6) is 11.5 Å². The van der Waals surface area contributed by atoms with Crippen molar-refractivity contribution >= 4 is 21.9 Å². The maximum atomic E-state index is 10.5. The van der Waals surface area contributed by atoms with E-state index < -0.39 is 12.0 Å². The molecule has 5 nitrogen and oxygen atoms in total. The highest BCUT2D eigenvalue weighted by molar-refractivity contribution is 9.10. The summed E-state index contributed by atoms with van der Waals surface area (Å²) in [6.45, 7) is 0. The van der Waals surface area contributed by atoms with Gasteiger partial charge in [-0.25, -0.2) is 0 Å². The lowest BCUT2D eigenvalue weighted by Gasteiger charge is -2.14. The van der Waals surface area contributed by atoms with Crippen LogP contribution in [-0.4, -0.2) is 23.3 Å². The summed E-state index contributed by atoms with van der Waals surface area (Å²) in [7, 11) is 1.41. The molecule has 0 aliphatic carbocycles. The molecule has 0 saturated heterocycles. The molecule has 0 aromatic heterocycles. The third-order valence-electron chi connectivity index (χ3n) is 2.08. The fourth-order valence-electron chi connectivity index (χ4n) is 1.33. The first kappa shape index (κ1) is 12.8. The summed E-state index contributed by atoms with van der Waals surface area (Å²) >= 11 is 3.23. The third kappa shape index (κ3) is 2.86. The van der Waals surface area contributed by atoms with E-state index in [0.29, 0.717) is 10.0 Å². The first-order valence-electron chi connectivity index (χ1n) is 4.49. The molecule has 1 aromatic carbocycles. The number of carboxylic acids is 1. The molecule has 16 heavy (non-hydrogen) atoms. The van der Waals surface area contributed by atoms with Crippen LogP contribution in [0.2, 0.25) is 0 Å². The summed E-state index contributed by atoms with van der Waals surface area (Å²) in [5.74, 6) is -0.893. The minimum Gasteiger partial charge on any atom is -0.504 e. The molecule has 88 valence electrons. The van der Waals surface area contributed by atoms with Gasteiger partial charge in [0.15, 0.2) is 11.5 Å². The van der Waals surface area contributed by atoms with Gasteiger partial charge in [0.1, 0.15) is 0 Å². The lowest BCUT2D eigenvalue weighted by atomic mass is 10.0. The molecule has 0 aliphatic heterocycles. The second-order valence-corrected chi connectivity index (χ2v) is 4.17. The molecule has 0 fully saturated rings. The highest BCUT2D eigenvalue weighted by Gasteiger charge is 2.18. The number of phenolic OH excluding ortho intramolecular Hbond substituents is 1. The quantitative estimate of drug-likeness (QED) is 0.784. The number of hydrogen-bond acceptors (Lipinski definition) is 4. The van der Waals surface area contributed by atoms with E-state index in [1.807, 2.05) is 0 Å². The molecule has 0 saturated carbocycles. The number of ether oxygens (including phenoxy) is 1. The van der Waals surface area contributed by atoms with E-state index in [1.165, 1.54) is 7.11 Å². The molecule has 6 heteroatoms. The van der Waals surface area contributed by atoms with E-state index in [0.717, 1.165) is 0 Å². The highest BCUT2D eigenvalue weighted by Crippen LogP contribution is 2.36. The van der Waals surface area contributed by atoms with Gasteiger partial charge in [-0.05, 0) is 12.1 Å². The first-order valence-corrected chi connectivity index (χ1v) is 5.28.